The third-order valence-electron chi connectivity index (χ3n) is 8.15. The largest absolute Gasteiger partial charge is 0.416 e. The Morgan fingerprint density at radius 1 is 0.565 bits per heavy atom. The third kappa shape index (κ3) is 4.30. The molecule has 46 heavy (non-hydrogen) atoms. The second-order valence-corrected chi connectivity index (χ2v) is 10.6. The van der Waals surface area contributed by atoms with Gasteiger partial charge < -0.3 is 0 Å². The average Bonchev–Trinajstić information content (AvgIpc) is 3.52. The molecule has 0 fully saturated rings. The van der Waals surface area contributed by atoms with Crippen LogP contribution in [0.4, 0.5) is 26.3 Å². The molecule has 0 bridgehead atoms. The van der Waals surface area contributed by atoms with E-state index in [9.17, 15) is 31.6 Å². The van der Waals surface area contributed by atoms with Crippen LogP contribution in [0.2, 0.25) is 0 Å². The van der Waals surface area contributed by atoms with Gasteiger partial charge in [-0.25, -0.2) is 0 Å². The Morgan fingerprint density at radius 3 is 1.41 bits per heavy atom. The lowest BCUT2D eigenvalue weighted by Gasteiger charge is -2.14. The number of hydrogen-bond donors (Lipinski definition) is 0. The SMILES string of the molecule is [C-]#[N+]N=c1c2cc(C(F)(F)F)ccc2c2c(-c3ccccc3)c3c(=NC#N)c4cc(C(F)(F)F)ccc4c3c(-c3ccccc3)c12. The molecule has 0 aromatic heterocycles. The molecule has 0 spiro atoms. The van der Waals surface area contributed by atoms with Crippen LogP contribution in [0.3, 0.4) is 0 Å². The summed E-state index contributed by atoms with van der Waals surface area (Å²) in [5, 5.41) is 16.3. The van der Waals surface area contributed by atoms with Crippen LogP contribution in [-0.2, 0) is 12.4 Å². The van der Waals surface area contributed by atoms with Gasteiger partial charge in [-0.3, -0.25) is 0 Å². The molecule has 0 aliphatic heterocycles. The molecule has 7 aromatic rings. The van der Waals surface area contributed by atoms with Gasteiger partial charge in [-0.05, 0) is 46.2 Å². The van der Waals surface area contributed by atoms with Gasteiger partial charge in [0, 0.05) is 43.4 Å². The monoisotopic (exact) mass is 618 g/mol. The van der Waals surface area contributed by atoms with E-state index in [0.29, 0.717) is 54.6 Å². The minimum atomic E-state index is -4.68. The van der Waals surface area contributed by atoms with Crippen molar-refractivity contribution in [1.82, 2.24) is 0 Å². The van der Waals surface area contributed by atoms with E-state index in [2.05, 4.69) is 15.0 Å². The van der Waals surface area contributed by atoms with E-state index in [1.165, 1.54) is 12.1 Å². The van der Waals surface area contributed by atoms with Gasteiger partial charge in [0.2, 0.25) is 6.19 Å². The maximum Gasteiger partial charge on any atom is 0.416 e. The maximum absolute atomic E-state index is 14.0. The van der Waals surface area contributed by atoms with Crippen molar-refractivity contribution < 1.29 is 26.3 Å². The number of nitrogens with zero attached hydrogens (tertiary/aromatic N) is 4. The lowest BCUT2D eigenvalue weighted by Crippen LogP contribution is -2.06. The summed E-state index contributed by atoms with van der Waals surface area (Å²) in [5.74, 6) is 0. The molecular formula is C36H16F6N4. The second-order valence-electron chi connectivity index (χ2n) is 10.6. The van der Waals surface area contributed by atoms with Gasteiger partial charge in [0.25, 0.3) is 0 Å². The van der Waals surface area contributed by atoms with Crippen molar-refractivity contribution in [3.63, 3.8) is 0 Å². The predicted molar refractivity (Wildman–Crippen MR) is 163 cm³/mol. The topological polar surface area (TPSA) is 52.9 Å². The number of alkyl halides is 6. The first kappa shape index (κ1) is 28.8. The number of halogens is 6. The first-order valence-corrected chi connectivity index (χ1v) is 13.7. The summed E-state index contributed by atoms with van der Waals surface area (Å²) < 4.78 is 83.8. The molecule has 0 amide bonds. The molecule has 0 atom stereocenters. The minimum Gasteiger partial charge on any atom is -0.181 e. The fraction of sp³-hybridized carbons (Fsp3) is 0.0556. The number of benzene rings is 5. The number of nitriles is 1. The van der Waals surface area contributed by atoms with Crippen molar-refractivity contribution in [3.8, 4) is 28.4 Å². The molecule has 4 nitrogen and oxygen atoms in total. The van der Waals surface area contributed by atoms with E-state index in [-0.39, 0.29) is 21.5 Å². The molecule has 0 aliphatic rings. The standard InChI is InChI=1S/C36H16F6N4/c1-44-46-34-26-17-22(36(40,41)42)13-15-24(26)30-27(19-8-4-2-5-9-19)31-29(28(32(30)34)20-10-6-3-7-11-20)23-14-12-21(35(37,38)39)16-25(23)33(31)45-18-43/h2-17H. The summed E-state index contributed by atoms with van der Waals surface area (Å²) in [7, 11) is 0. The van der Waals surface area contributed by atoms with E-state index in [0.717, 1.165) is 24.3 Å². The fourth-order valence-corrected chi connectivity index (χ4v) is 6.41. The highest BCUT2D eigenvalue weighted by Crippen LogP contribution is 2.48. The van der Waals surface area contributed by atoms with Gasteiger partial charge in [0.05, 0.1) is 21.6 Å². The van der Waals surface area contributed by atoms with Crippen molar-refractivity contribution in [2.45, 2.75) is 12.4 Å². The zero-order valence-electron chi connectivity index (χ0n) is 23.3. The van der Waals surface area contributed by atoms with E-state index in [1.54, 1.807) is 66.9 Å². The van der Waals surface area contributed by atoms with E-state index in [4.69, 9.17) is 6.57 Å². The van der Waals surface area contributed by atoms with Gasteiger partial charge in [-0.1, -0.05) is 72.8 Å². The minimum absolute atomic E-state index is 0.00136. The van der Waals surface area contributed by atoms with Crippen molar-refractivity contribution >= 4 is 43.1 Å². The third-order valence-corrected chi connectivity index (χ3v) is 8.15. The summed E-state index contributed by atoms with van der Waals surface area (Å²) in [6, 6.07) is 24.1. The summed E-state index contributed by atoms with van der Waals surface area (Å²) in [6.07, 6.45) is -7.62. The normalized spacial score (nSPS) is 13.2. The highest BCUT2D eigenvalue weighted by molar-refractivity contribution is 6.35. The molecule has 222 valence electrons. The van der Waals surface area contributed by atoms with Crippen molar-refractivity contribution in [2.75, 3.05) is 0 Å². The van der Waals surface area contributed by atoms with Crippen LogP contribution < -0.4 is 10.7 Å². The first-order chi connectivity index (χ1) is 22.0. The Labute approximate surface area is 255 Å². The number of rotatable bonds is 2. The fourth-order valence-electron chi connectivity index (χ4n) is 6.41. The molecule has 0 aliphatic carbocycles. The molecule has 7 aromatic carbocycles. The predicted octanol–water partition coefficient (Wildman–Crippen LogP) is 9.66. The summed E-state index contributed by atoms with van der Waals surface area (Å²) in [5.41, 5.74) is 0.199. The van der Waals surface area contributed by atoms with Gasteiger partial charge in [0.1, 0.15) is 0 Å². The van der Waals surface area contributed by atoms with Gasteiger partial charge in [-0.2, -0.15) is 43.2 Å². The zero-order valence-corrected chi connectivity index (χ0v) is 23.3. The Kier molecular flexibility index (Phi) is 6.43. The molecule has 0 unspecified atom stereocenters. The smallest absolute Gasteiger partial charge is 0.181 e. The Morgan fingerprint density at radius 2 is 1.00 bits per heavy atom. The highest BCUT2D eigenvalue weighted by Gasteiger charge is 2.34. The Bertz CT molecular complexity index is 2380. The lowest BCUT2D eigenvalue weighted by molar-refractivity contribution is -0.138. The van der Waals surface area contributed by atoms with Crippen molar-refractivity contribution in [3.05, 3.63) is 130 Å². The van der Waals surface area contributed by atoms with Gasteiger partial charge >= 0.3 is 12.4 Å². The number of fused-ring (bicyclic) bond motifs is 6. The van der Waals surface area contributed by atoms with E-state index in [1.807, 2.05) is 0 Å². The zero-order chi connectivity index (χ0) is 32.4. The Hall–Kier alpha value is -6.00. The lowest BCUT2D eigenvalue weighted by atomic mass is 9.88. The number of hydrogen-bond acceptors (Lipinski definition) is 3. The first-order valence-electron chi connectivity index (χ1n) is 13.7. The summed E-state index contributed by atoms with van der Waals surface area (Å²) in [4.78, 5) is 7.29. The van der Waals surface area contributed by atoms with Gasteiger partial charge in [0.15, 0.2) is 5.36 Å². The second kappa shape index (κ2) is 10.3. The van der Waals surface area contributed by atoms with Crippen LogP contribution >= 0.6 is 0 Å². The van der Waals surface area contributed by atoms with Crippen molar-refractivity contribution in [1.29, 1.82) is 5.26 Å². The van der Waals surface area contributed by atoms with E-state index >= 15 is 0 Å². The summed E-state index contributed by atoms with van der Waals surface area (Å²) >= 11 is 0. The quantitative estimate of drug-likeness (QED) is 0.0824. The van der Waals surface area contributed by atoms with Crippen LogP contribution in [0.1, 0.15) is 11.1 Å². The van der Waals surface area contributed by atoms with Crippen molar-refractivity contribution in [2.24, 2.45) is 10.1 Å². The molecule has 10 heteroatoms. The average molecular weight is 619 g/mol. The van der Waals surface area contributed by atoms with Crippen LogP contribution in [0.15, 0.2) is 107 Å². The van der Waals surface area contributed by atoms with Gasteiger partial charge in [-0.15, -0.1) is 4.95 Å². The van der Waals surface area contributed by atoms with Crippen LogP contribution in [0.25, 0.3) is 70.3 Å². The molecule has 7 rings (SSSR count). The van der Waals surface area contributed by atoms with Crippen LogP contribution in [0, 0.1) is 18.0 Å². The molecular weight excluding hydrogens is 602 g/mol. The molecule has 0 radical (unpaired) electrons. The maximum atomic E-state index is 14.0. The molecule has 0 heterocycles. The van der Waals surface area contributed by atoms with Crippen LogP contribution in [0.5, 0.6) is 0 Å². The summed E-state index contributed by atoms with van der Waals surface area (Å²) in [6.45, 7) is 7.61. The molecule has 0 N–H and O–H groups in total. The Balaban J connectivity index is 1.91. The highest BCUT2D eigenvalue weighted by atomic mass is 19.4. The van der Waals surface area contributed by atoms with E-state index < -0.39 is 23.5 Å². The van der Waals surface area contributed by atoms with Crippen LogP contribution in [-0.4, -0.2) is 0 Å². The molecule has 0 saturated heterocycles. The molecule has 0 saturated carbocycles.